The Morgan fingerprint density at radius 1 is 1.10 bits per heavy atom. The van der Waals surface area contributed by atoms with E-state index >= 15 is 0 Å². The van der Waals surface area contributed by atoms with E-state index in [1.54, 1.807) is 0 Å². The molecule has 0 bridgehead atoms. The second-order valence-corrected chi connectivity index (χ2v) is 4.63. The average Bonchev–Trinajstić information content (AvgIpc) is 2.50. The molecule has 1 heterocycles. The van der Waals surface area contributed by atoms with Crippen LogP contribution in [0.3, 0.4) is 0 Å². The summed E-state index contributed by atoms with van der Waals surface area (Å²) in [7, 11) is 0. The Kier molecular flexibility index (Phi) is 7.06. The van der Waals surface area contributed by atoms with Gasteiger partial charge in [-0.05, 0) is 0 Å². The largest absolute Gasteiger partial charge is 0.394 e. The zero-order valence-corrected chi connectivity index (χ0v) is 11.0. The third-order valence-corrected chi connectivity index (χ3v) is 3.14. The van der Waals surface area contributed by atoms with Gasteiger partial charge in [-0.25, -0.2) is 0 Å². The molecule has 21 heavy (non-hydrogen) atoms. The standard InChI is InChI=1S/C11H20O10/c12-1-4(15)10(5(16)2-13)21-11-9(19)8(18)7(17)6(3-14)20-11/h4,6-15,17-19H,1-3H2/t4-,6-,7-,8+,9-,10+,11?/m1/s1. The van der Waals surface area contributed by atoms with Crippen LogP contribution in [0.1, 0.15) is 0 Å². The molecule has 0 radical (unpaired) electrons. The molecule has 1 saturated heterocycles. The van der Waals surface area contributed by atoms with Crippen LogP contribution in [-0.4, -0.2) is 104 Å². The van der Waals surface area contributed by atoms with Crippen molar-refractivity contribution in [3.8, 4) is 0 Å². The van der Waals surface area contributed by atoms with Crippen LogP contribution in [0, 0.1) is 0 Å². The van der Waals surface area contributed by atoms with Crippen LogP contribution in [0.15, 0.2) is 0 Å². The van der Waals surface area contributed by atoms with Gasteiger partial charge in [0.2, 0.25) is 0 Å². The Labute approximate surface area is 119 Å². The summed E-state index contributed by atoms with van der Waals surface area (Å²) in [4.78, 5) is 11.4. The van der Waals surface area contributed by atoms with Crippen molar-refractivity contribution in [3.63, 3.8) is 0 Å². The van der Waals surface area contributed by atoms with Crippen molar-refractivity contribution in [1.82, 2.24) is 0 Å². The molecule has 10 nitrogen and oxygen atoms in total. The lowest BCUT2D eigenvalue weighted by atomic mass is 9.99. The molecule has 0 aromatic rings. The highest BCUT2D eigenvalue weighted by molar-refractivity contribution is 5.84. The number of aliphatic hydroxyl groups is 7. The van der Waals surface area contributed by atoms with Crippen molar-refractivity contribution in [3.05, 3.63) is 0 Å². The first-order valence-corrected chi connectivity index (χ1v) is 6.25. The van der Waals surface area contributed by atoms with Gasteiger partial charge in [-0.1, -0.05) is 0 Å². The van der Waals surface area contributed by atoms with Gasteiger partial charge in [0.15, 0.2) is 12.1 Å². The second-order valence-electron chi connectivity index (χ2n) is 4.63. The Bertz CT molecular complexity index is 335. The van der Waals surface area contributed by atoms with Gasteiger partial charge in [0, 0.05) is 0 Å². The summed E-state index contributed by atoms with van der Waals surface area (Å²) >= 11 is 0. The van der Waals surface area contributed by atoms with E-state index in [-0.39, 0.29) is 0 Å². The predicted molar refractivity (Wildman–Crippen MR) is 63.8 cm³/mol. The van der Waals surface area contributed by atoms with Crippen molar-refractivity contribution in [2.45, 2.75) is 42.9 Å². The third kappa shape index (κ3) is 4.16. The summed E-state index contributed by atoms with van der Waals surface area (Å²) in [5, 5.41) is 64.9. The Hall–Kier alpha value is -0.690. The quantitative estimate of drug-likeness (QED) is 0.241. The van der Waals surface area contributed by atoms with Crippen LogP contribution < -0.4 is 0 Å². The first-order chi connectivity index (χ1) is 9.87. The lowest BCUT2D eigenvalue weighted by molar-refractivity contribution is -0.314. The van der Waals surface area contributed by atoms with Crippen molar-refractivity contribution in [2.75, 3.05) is 19.8 Å². The fourth-order valence-electron chi connectivity index (χ4n) is 1.89. The van der Waals surface area contributed by atoms with E-state index in [1.165, 1.54) is 0 Å². The molecule has 124 valence electrons. The van der Waals surface area contributed by atoms with Crippen LogP contribution in [0.5, 0.6) is 0 Å². The Balaban J connectivity index is 2.84. The molecule has 0 amide bonds. The molecule has 10 heteroatoms. The number of carbonyl (C=O) groups excluding carboxylic acids is 1. The summed E-state index contributed by atoms with van der Waals surface area (Å²) in [5.41, 5.74) is 0. The van der Waals surface area contributed by atoms with Crippen molar-refractivity contribution in [2.24, 2.45) is 0 Å². The maximum atomic E-state index is 11.4. The van der Waals surface area contributed by atoms with Crippen LogP contribution in [0.4, 0.5) is 0 Å². The summed E-state index contributed by atoms with van der Waals surface area (Å²) in [5.74, 6) is -0.978. The number of rotatable bonds is 7. The molecule has 1 unspecified atom stereocenters. The van der Waals surface area contributed by atoms with Crippen molar-refractivity contribution < 1.29 is 50.0 Å². The average molecular weight is 312 g/mol. The highest BCUT2D eigenvalue weighted by atomic mass is 16.7. The SMILES string of the molecule is O=C(CO)[C@@H](OC1O[C@H](CO)[C@@H](O)[C@H](O)[C@H]1O)[C@H](O)CO. The molecule has 0 aromatic carbocycles. The summed E-state index contributed by atoms with van der Waals surface area (Å²) < 4.78 is 9.98. The molecule has 7 atom stereocenters. The zero-order chi connectivity index (χ0) is 16.2. The number of ether oxygens (including phenoxy) is 2. The normalized spacial score (nSPS) is 36.2. The number of hydrogen-bond acceptors (Lipinski definition) is 10. The van der Waals surface area contributed by atoms with Gasteiger partial charge in [0.1, 0.15) is 43.2 Å². The van der Waals surface area contributed by atoms with Gasteiger partial charge in [0.25, 0.3) is 0 Å². The number of aliphatic hydroxyl groups excluding tert-OH is 7. The minimum atomic E-state index is -1.76. The highest BCUT2D eigenvalue weighted by Crippen LogP contribution is 2.23. The van der Waals surface area contributed by atoms with E-state index < -0.39 is 68.5 Å². The topological polar surface area (TPSA) is 177 Å². The molecule has 1 aliphatic rings. The van der Waals surface area contributed by atoms with Gasteiger partial charge in [-0.15, -0.1) is 0 Å². The van der Waals surface area contributed by atoms with E-state index in [4.69, 9.17) is 24.8 Å². The summed E-state index contributed by atoms with van der Waals surface area (Å²) in [6.45, 7) is -2.53. The molecule has 7 N–H and O–H groups in total. The van der Waals surface area contributed by atoms with Crippen molar-refractivity contribution >= 4 is 5.78 Å². The minimum absolute atomic E-state index is 0.689. The first kappa shape index (κ1) is 18.4. The van der Waals surface area contributed by atoms with E-state index in [9.17, 15) is 25.2 Å². The van der Waals surface area contributed by atoms with E-state index in [1.807, 2.05) is 0 Å². The molecule has 0 saturated carbocycles. The van der Waals surface area contributed by atoms with Crippen LogP contribution >= 0.6 is 0 Å². The Morgan fingerprint density at radius 3 is 2.19 bits per heavy atom. The number of ketones is 1. The first-order valence-electron chi connectivity index (χ1n) is 6.25. The van der Waals surface area contributed by atoms with Crippen LogP contribution in [0.25, 0.3) is 0 Å². The minimum Gasteiger partial charge on any atom is -0.394 e. The fraction of sp³-hybridized carbons (Fsp3) is 0.909. The molecular formula is C11H20O10. The highest BCUT2D eigenvalue weighted by Gasteiger charge is 2.46. The lowest BCUT2D eigenvalue weighted by Crippen LogP contribution is -2.60. The summed E-state index contributed by atoms with van der Waals surface area (Å²) in [6.07, 6.45) is -11.4. The predicted octanol–water partition coefficient (Wildman–Crippen LogP) is -4.91. The van der Waals surface area contributed by atoms with Gasteiger partial charge >= 0.3 is 0 Å². The van der Waals surface area contributed by atoms with Crippen LogP contribution in [0.2, 0.25) is 0 Å². The van der Waals surface area contributed by atoms with Gasteiger partial charge < -0.3 is 45.2 Å². The molecule has 0 aliphatic carbocycles. The van der Waals surface area contributed by atoms with E-state index in [2.05, 4.69) is 0 Å². The molecule has 0 spiro atoms. The molecule has 0 aromatic heterocycles. The zero-order valence-electron chi connectivity index (χ0n) is 11.0. The van der Waals surface area contributed by atoms with E-state index in [0.29, 0.717) is 0 Å². The number of hydrogen-bond donors (Lipinski definition) is 7. The number of Topliss-reactive ketones (excluding diaryl/α,β-unsaturated/α-hetero) is 1. The second kappa shape index (κ2) is 8.08. The third-order valence-electron chi connectivity index (χ3n) is 3.14. The fourth-order valence-corrected chi connectivity index (χ4v) is 1.89. The molecule has 1 aliphatic heterocycles. The van der Waals surface area contributed by atoms with Crippen molar-refractivity contribution in [1.29, 1.82) is 0 Å². The van der Waals surface area contributed by atoms with Gasteiger partial charge in [-0.2, -0.15) is 0 Å². The maximum Gasteiger partial charge on any atom is 0.189 e. The summed E-state index contributed by atoms with van der Waals surface area (Å²) in [6, 6.07) is 0. The van der Waals surface area contributed by atoms with Gasteiger partial charge in [-0.3, -0.25) is 4.79 Å². The smallest absolute Gasteiger partial charge is 0.189 e. The molecule has 1 fully saturated rings. The Morgan fingerprint density at radius 2 is 1.71 bits per heavy atom. The molecular weight excluding hydrogens is 292 g/mol. The van der Waals surface area contributed by atoms with Crippen LogP contribution in [-0.2, 0) is 14.3 Å². The molecule has 1 rings (SSSR count). The maximum absolute atomic E-state index is 11.4. The van der Waals surface area contributed by atoms with E-state index in [0.717, 1.165) is 0 Å². The number of carbonyl (C=O) groups is 1. The lowest BCUT2D eigenvalue weighted by Gasteiger charge is -2.40. The monoisotopic (exact) mass is 312 g/mol. The van der Waals surface area contributed by atoms with Gasteiger partial charge in [0.05, 0.1) is 13.2 Å².